The van der Waals surface area contributed by atoms with Crippen LogP contribution in [0.4, 0.5) is 0 Å². The molecule has 1 fully saturated rings. The highest BCUT2D eigenvalue weighted by Crippen LogP contribution is 2.48. The zero-order valence-electron chi connectivity index (χ0n) is 7.86. The summed E-state index contributed by atoms with van der Waals surface area (Å²) in [7, 11) is 0. The number of carboxylic acid groups (broad SMARTS) is 1. The van der Waals surface area contributed by atoms with Crippen LogP contribution in [0.25, 0.3) is 0 Å². The fourth-order valence-electron chi connectivity index (χ4n) is 1.93. The number of aliphatic hydroxyl groups is 1. The Labute approximate surface area is 77.7 Å². The second-order valence-corrected chi connectivity index (χ2v) is 3.99. The number of carboxylic acids is 1. The maximum atomic E-state index is 11.1. The molecule has 0 aliphatic heterocycles. The molecule has 0 aromatic heterocycles. The highest BCUT2D eigenvalue weighted by Gasteiger charge is 2.50. The van der Waals surface area contributed by atoms with Gasteiger partial charge in [-0.2, -0.15) is 0 Å². The third-order valence-corrected chi connectivity index (χ3v) is 2.81. The number of hydrogen-bond donors (Lipinski definition) is 3. The number of rotatable bonds is 5. The van der Waals surface area contributed by atoms with E-state index in [1.165, 1.54) is 0 Å². The smallest absolute Gasteiger partial charge is 0.311 e. The minimum atomic E-state index is -0.881. The van der Waals surface area contributed by atoms with Gasteiger partial charge in [0.25, 0.3) is 0 Å². The van der Waals surface area contributed by atoms with Gasteiger partial charge in [0.15, 0.2) is 0 Å². The maximum Gasteiger partial charge on any atom is 0.311 e. The van der Waals surface area contributed by atoms with Crippen LogP contribution in [0.3, 0.4) is 0 Å². The van der Waals surface area contributed by atoms with E-state index in [0.717, 1.165) is 12.8 Å². The maximum absolute atomic E-state index is 11.1. The molecule has 4 N–H and O–H groups in total. The lowest BCUT2D eigenvalue weighted by atomic mass is 9.78. The summed E-state index contributed by atoms with van der Waals surface area (Å²) in [4.78, 5) is 11.1. The molecule has 4 nitrogen and oxygen atoms in total. The van der Waals surface area contributed by atoms with Crippen molar-refractivity contribution in [2.45, 2.75) is 32.3 Å². The van der Waals surface area contributed by atoms with Gasteiger partial charge in [0, 0.05) is 6.54 Å². The van der Waals surface area contributed by atoms with Gasteiger partial charge in [-0.1, -0.05) is 0 Å². The molecule has 0 aromatic rings. The Morgan fingerprint density at radius 3 is 2.46 bits per heavy atom. The molecule has 0 aromatic carbocycles. The Morgan fingerprint density at radius 2 is 2.23 bits per heavy atom. The second-order valence-electron chi connectivity index (χ2n) is 3.99. The third kappa shape index (κ3) is 2.00. The van der Waals surface area contributed by atoms with E-state index >= 15 is 0 Å². The van der Waals surface area contributed by atoms with Crippen molar-refractivity contribution < 1.29 is 15.0 Å². The standard InChI is InChI=1S/C9H17NO3/c1-6(11)4-9(5-10,8(12)13)7-2-3-7/h6-7,11H,2-5,10H2,1H3,(H,12,13). The van der Waals surface area contributed by atoms with Crippen molar-refractivity contribution in [1.82, 2.24) is 0 Å². The Morgan fingerprint density at radius 1 is 1.69 bits per heavy atom. The molecule has 0 heterocycles. The molecule has 1 saturated carbocycles. The van der Waals surface area contributed by atoms with E-state index in [1.54, 1.807) is 6.92 Å². The van der Waals surface area contributed by atoms with Gasteiger partial charge in [-0.05, 0) is 32.1 Å². The molecule has 1 aliphatic rings. The molecule has 2 atom stereocenters. The molecule has 0 spiro atoms. The van der Waals surface area contributed by atoms with Crippen LogP contribution >= 0.6 is 0 Å². The zero-order chi connectivity index (χ0) is 10.1. The van der Waals surface area contributed by atoms with Crippen LogP contribution < -0.4 is 5.73 Å². The van der Waals surface area contributed by atoms with Crippen molar-refractivity contribution in [2.75, 3.05) is 6.54 Å². The first kappa shape index (κ1) is 10.5. The van der Waals surface area contributed by atoms with Gasteiger partial charge < -0.3 is 15.9 Å². The van der Waals surface area contributed by atoms with Crippen LogP contribution in [0.15, 0.2) is 0 Å². The van der Waals surface area contributed by atoms with Crippen LogP contribution in [0.5, 0.6) is 0 Å². The summed E-state index contributed by atoms with van der Waals surface area (Å²) < 4.78 is 0. The monoisotopic (exact) mass is 187 g/mol. The van der Waals surface area contributed by atoms with E-state index in [2.05, 4.69) is 0 Å². The van der Waals surface area contributed by atoms with Crippen LogP contribution in [0.2, 0.25) is 0 Å². The quantitative estimate of drug-likeness (QED) is 0.574. The van der Waals surface area contributed by atoms with Crippen LogP contribution in [-0.2, 0) is 4.79 Å². The Bertz CT molecular complexity index is 201. The molecule has 0 bridgehead atoms. The number of nitrogens with two attached hydrogens (primary N) is 1. The molecule has 13 heavy (non-hydrogen) atoms. The molecule has 2 unspecified atom stereocenters. The lowest BCUT2D eigenvalue weighted by Gasteiger charge is -2.29. The Hall–Kier alpha value is -0.610. The van der Waals surface area contributed by atoms with Crippen molar-refractivity contribution in [3.8, 4) is 0 Å². The third-order valence-electron chi connectivity index (χ3n) is 2.81. The first-order valence-electron chi connectivity index (χ1n) is 4.64. The van der Waals surface area contributed by atoms with Crippen molar-refractivity contribution in [3.63, 3.8) is 0 Å². The molecule has 0 amide bonds. The van der Waals surface area contributed by atoms with Gasteiger partial charge >= 0.3 is 5.97 Å². The van der Waals surface area contributed by atoms with E-state index < -0.39 is 17.5 Å². The Balaban J connectivity index is 2.75. The Kier molecular flexibility index (Phi) is 2.93. The molecule has 0 radical (unpaired) electrons. The molecule has 1 rings (SSSR count). The predicted octanol–water partition coefficient (Wildman–Crippen LogP) is 0.197. The minimum absolute atomic E-state index is 0.123. The molecule has 4 heteroatoms. The predicted molar refractivity (Wildman–Crippen MR) is 48.1 cm³/mol. The summed E-state index contributed by atoms with van der Waals surface area (Å²) in [6, 6.07) is 0. The first-order chi connectivity index (χ1) is 6.03. The molecular formula is C9H17NO3. The van der Waals surface area contributed by atoms with Gasteiger partial charge in [0.2, 0.25) is 0 Å². The van der Waals surface area contributed by atoms with Crippen LogP contribution in [0.1, 0.15) is 26.2 Å². The summed E-state index contributed by atoms with van der Waals surface area (Å²) in [6.07, 6.45) is 1.52. The van der Waals surface area contributed by atoms with Gasteiger partial charge in [-0.15, -0.1) is 0 Å². The zero-order valence-corrected chi connectivity index (χ0v) is 7.86. The van der Waals surface area contributed by atoms with E-state index in [1.807, 2.05) is 0 Å². The second kappa shape index (κ2) is 3.64. The van der Waals surface area contributed by atoms with Crippen molar-refractivity contribution in [1.29, 1.82) is 0 Å². The summed E-state index contributed by atoms with van der Waals surface area (Å²) >= 11 is 0. The molecule has 76 valence electrons. The number of hydrogen-bond acceptors (Lipinski definition) is 3. The van der Waals surface area contributed by atoms with Crippen molar-refractivity contribution in [2.24, 2.45) is 17.1 Å². The molecule has 0 saturated heterocycles. The van der Waals surface area contributed by atoms with E-state index in [0.29, 0.717) is 0 Å². The van der Waals surface area contributed by atoms with Crippen molar-refractivity contribution in [3.05, 3.63) is 0 Å². The van der Waals surface area contributed by atoms with Crippen LogP contribution in [0, 0.1) is 11.3 Å². The number of aliphatic carboxylic acids is 1. The van der Waals surface area contributed by atoms with Gasteiger partial charge in [0.05, 0.1) is 11.5 Å². The van der Waals surface area contributed by atoms with E-state index in [9.17, 15) is 9.90 Å². The van der Waals surface area contributed by atoms with Gasteiger partial charge in [-0.3, -0.25) is 4.79 Å². The van der Waals surface area contributed by atoms with Gasteiger partial charge in [0.1, 0.15) is 0 Å². The minimum Gasteiger partial charge on any atom is -0.481 e. The van der Waals surface area contributed by atoms with Crippen molar-refractivity contribution >= 4 is 5.97 Å². The highest BCUT2D eigenvalue weighted by molar-refractivity contribution is 5.76. The fraction of sp³-hybridized carbons (Fsp3) is 0.889. The van der Waals surface area contributed by atoms with E-state index in [-0.39, 0.29) is 18.9 Å². The largest absolute Gasteiger partial charge is 0.481 e. The van der Waals surface area contributed by atoms with Crippen LogP contribution in [-0.4, -0.2) is 28.8 Å². The summed E-state index contributed by atoms with van der Waals surface area (Å²) in [5.41, 5.74) is 4.63. The first-order valence-corrected chi connectivity index (χ1v) is 4.64. The summed E-state index contributed by atoms with van der Waals surface area (Å²) in [6.45, 7) is 1.73. The normalized spacial score (nSPS) is 23.6. The summed E-state index contributed by atoms with van der Waals surface area (Å²) in [5.74, 6) is -0.692. The topological polar surface area (TPSA) is 83.5 Å². The fourth-order valence-corrected chi connectivity index (χ4v) is 1.93. The van der Waals surface area contributed by atoms with E-state index in [4.69, 9.17) is 10.8 Å². The molecule has 1 aliphatic carbocycles. The average Bonchev–Trinajstić information content (AvgIpc) is 2.81. The average molecular weight is 187 g/mol. The molecular weight excluding hydrogens is 170 g/mol. The summed E-state index contributed by atoms with van der Waals surface area (Å²) in [5, 5.41) is 18.3. The number of carbonyl (C=O) groups is 1. The number of aliphatic hydroxyl groups excluding tert-OH is 1. The lowest BCUT2D eigenvalue weighted by Crippen LogP contribution is -2.42. The SMILES string of the molecule is CC(O)CC(CN)(C(=O)O)C1CC1. The lowest BCUT2D eigenvalue weighted by molar-refractivity contribution is -0.151. The highest BCUT2D eigenvalue weighted by atomic mass is 16.4. The van der Waals surface area contributed by atoms with Gasteiger partial charge in [-0.25, -0.2) is 0 Å².